The molecule has 0 saturated carbocycles. The summed E-state index contributed by atoms with van der Waals surface area (Å²) in [6.07, 6.45) is 61.5. The molecule has 6 N–H and O–H groups in total. The SMILES string of the molecule is CCCCCCCCCC/C=C\CCCCCCCCCCCCCCCCCCCCCCCCCCCC(=O)NC(COC1OC(CO)C(O)C(O)C1O)C(O)/C=C/CCCCCCCCCCCC. The predicted octanol–water partition coefficient (Wildman–Crippen LogP) is 16.1. The molecule has 7 unspecified atom stereocenters. The molecule has 0 aromatic heterocycles. The van der Waals surface area contributed by atoms with Gasteiger partial charge in [-0.25, -0.2) is 0 Å². The topological polar surface area (TPSA) is 149 Å². The van der Waals surface area contributed by atoms with Gasteiger partial charge >= 0.3 is 0 Å². The lowest BCUT2D eigenvalue weighted by atomic mass is 9.99. The van der Waals surface area contributed by atoms with Gasteiger partial charge in [-0.15, -0.1) is 0 Å². The smallest absolute Gasteiger partial charge is 0.220 e. The molecule has 426 valence electrons. The summed E-state index contributed by atoms with van der Waals surface area (Å²) >= 11 is 0. The summed E-state index contributed by atoms with van der Waals surface area (Å²) in [5, 5.41) is 54.4. The second-order valence-corrected chi connectivity index (χ2v) is 22.2. The van der Waals surface area contributed by atoms with Crippen LogP contribution in [-0.2, 0) is 14.3 Å². The minimum absolute atomic E-state index is 0.172. The predicted molar refractivity (Wildman–Crippen MR) is 304 cm³/mol. The Bertz CT molecular complexity index is 1180. The summed E-state index contributed by atoms with van der Waals surface area (Å²) < 4.78 is 11.3. The maximum absolute atomic E-state index is 13.0. The summed E-state index contributed by atoms with van der Waals surface area (Å²) in [7, 11) is 0. The highest BCUT2D eigenvalue weighted by molar-refractivity contribution is 5.76. The van der Waals surface area contributed by atoms with Crippen LogP contribution in [0.2, 0.25) is 0 Å². The van der Waals surface area contributed by atoms with Gasteiger partial charge in [-0.2, -0.15) is 0 Å². The van der Waals surface area contributed by atoms with E-state index in [-0.39, 0.29) is 12.5 Å². The van der Waals surface area contributed by atoms with E-state index in [2.05, 4.69) is 31.3 Å². The molecule has 1 saturated heterocycles. The van der Waals surface area contributed by atoms with Crippen molar-refractivity contribution in [3.05, 3.63) is 24.3 Å². The zero-order valence-corrected chi connectivity index (χ0v) is 47.5. The van der Waals surface area contributed by atoms with Crippen LogP contribution in [0, 0.1) is 0 Å². The monoisotopic (exact) mass is 1020 g/mol. The Kier molecular flexibility index (Phi) is 50.6. The highest BCUT2D eigenvalue weighted by atomic mass is 16.7. The number of allylic oxidation sites excluding steroid dienone is 3. The van der Waals surface area contributed by atoms with Gasteiger partial charge in [0.1, 0.15) is 24.4 Å². The van der Waals surface area contributed by atoms with Crippen molar-refractivity contribution in [2.75, 3.05) is 13.2 Å². The fourth-order valence-electron chi connectivity index (χ4n) is 10.3. The number of aliphatic hydroxyl groups is 5. The van der Waals surface area contributed by atoms with Crippen molar-refractivity contribution in [2.24, 2.45) is 0 Å². The van der Waals surface area contributed by atoms with E-state index in [1.165, 1.54) is 257 Å². The van der Waals surface area contributed by atoms with Crippen LogP contribution in [0.25, 0.3) is 0 Å². The van der Waals surface area contributed by atoms with Crippen LogP contribution in [0.15, 0.2) is 24.3 Å². The zero-order valence-electron chi connectivity index (χ0n) is 47.5. The average molecular weight is 1020 g/mol. The van der Waals surface area contributed by atoms with Crippen LogP contribution in [0.4, 0.5) is 0 Å². The van der Waals surface area contributed by atoms with E-state index >= 15 is 0 Å². The fraction of sp³-hybridized carbons (Fsp3) is 0.921. The van der Waals surface area contributed by atoms with Gasteiger partial charge in [0.2, 0.25) is 5.91 Å². The molecule has 1 rings (SSSR count). The number of carbonyl (C=O) groups excluding carboxylic acids is 1. The molecule has 9 nitrogen and oxygen atoms in total. The third kappa shape index (κ3) is 41.9. The number of aliphatic hydroxyl groups excluding tert-OH is 5. The Labute approximate surface area is 445 Å². The van der Waals surface area contributed by atoms with E-state index in [9.17, 15) is 30.3 Å². The van der Waals surface area contributed by atoms with Crippen LogP contribution < -0.4 is 5.32 Å². The molecule has 9 heteroatoms. The maximum atomic E-state index is 13.0. The lowest BCUT2D eigenvalue weighted by molar-refractivity contribution is -0.302. The van der Waals surface area contributed by atoms with Gasteiger partial charge in [0, 0.05) is 6.42 Å². The molecule has 1 fully saturated rings. The van der Waals surface area contributed by atoms with E-state index in [0.29, 0.717) is 6.42 Å². The van der Waals surface area contributed by atoms with Gasteiger partial charge in [0.25, 0.3) is 0 Å². The van der Waals surface area contributed by atoms with E-state index in [0.717, 1.165) is 38.5 Å². The number of hydrogen-bond donors (Lipinski definition) is 6. The van der Waals surface area contributed by atoms with E-state index < -0.39 is 49.5 Å². The Morgan fingerprint density at radius 2 is 0.778 bits per heavy atom. The molecule has 0 aliphatic carbocycles. The van der Waals surface area contributed by atoms with Crippen LogP contribution in [0.5, 0.6) is 0 Å². The van der Waals surface area contributed by atoms with Gasteiger partial charge in [-0.3, -0.25) is 4.79 Å². The summed E-state index contributed by atoms with van der Waals surface area (Å²) in [5.41, 5.74) is 0. The highest BCUT2D eigenvalue weighted by Gasteiger charge is 2.44. The molecule has 0 bridgehead atoms. The third-order valence-corrected chi connectivity index (χ3v) is 15.3. The number of nitrogens with one attached hydrogen (secondary N) is 1. The van der Waals surface area contributed by atoms with Gasteiger partial charge < -0.3 is 40.3 Å². The first-order chi connectivity index (χ1) is 35.3. The Balaban J connectivity index is 2.03. The molecule has 0 aromatic carbocycles. The minimum Gasteiger partial charge on any atom is -0.394 e. The Morgan fingerprint density at radius 3 is 1.12 bits per heavy atom. The van der Waals surface area contributed by atoms with Crippen molar-refractivity contribution in [1.82, 2.24) is 5.32 Å². The number of carbonyl (C=O) groups is 1. The van der Waals surface area contributed by atoms with Gasteiger partial charge in [-0.05, 0) is 44.9 Å². The third-order valence-electron chi connectivity index (χ3n) is 15.3. The quantitative estimate of drug-likeness (QED) is 0.0261. The summed E-state index contributed by atoms with van der Waals surface area (Å²) in [6, 6.07) is -0.800. The van der Waals surface area contributed by atoms with Crippen LogP contribution >= 0.6 is 0 Å². The van der Waals surface area contributed by atoms with Crippen molar-refractivity contribution in [3.63, 3.8) is 0 Å². The maximum Gasteiger partial charge on any atom is 0.220 e. The van der Waals surface area contributed by atoms with Crippen LogP contribution in [-0.4, -0.2) is 87.5 Å². The molecule has 0 radical (unpaired) electrons. The lowest BCUT2D eigenvalue weighted by Gasteiger charge is -2.40. The standard InChI is InChI=1S/C63H121NO8/c1-3-5-7-9-11-13-15-17-18-19-20-21-22-23-24-25-26-27-28-29-30-31-32-33-34-35-36-37-38-39-40-41-43-45-47-49-51-53-59(67)64-56(55-71-63-62(70)61(69)60(68)58(54-65)72-63)57(66)52-50-48-46-44-42-16-14-12-10-8-6-4-2/h19-20,50,52,56-58,60-63,65-66,68-70H,3-18,21-49,51,53-55H2,1-2H3,(H,64,67)/b20-19-,52-50+. The van der Waals surface area contributed by atoms with Crippen LogP contribution in [0.3, 0.4) is 0 Å². The van der Waals surface area contributed by atoms with Crippen molar-refractivity contribution < 1.29 is 39.8 Å². The molecule has 72 heavy (non-hydrogen) atoms. The lowest BCUT2D eigenvalue weighted by Crippen LogP contribution is -2.60. The number of unbranched alkanes of at least 4 members (excludes halogenated alkanes) is 43. The number of hydrogen-bond acceptors (Lipinski definition) is 8. The average Bonchev–Trinajstić information content (AvgIpc) is 3.38. The van der Waals surface area contributed by atoms with E-state index in [4.69, 9.17) is 9.47 Å². The Morgan fingerprint density at radius 1 is 0.458 bits per heavy atom. The summed E-state index contributed by atoms with van der Waals surface area (Å²) in [4.78, 5) is 13.0. The van der Waals surface area contributed by atoms with E-state index in [1.807, 2.05) is 6.08 Å². The Hall–Kier alpha value is -1.33. The molecule has 1 amide bonds. The molecule has 1 aliphatic heterocycles. The molecule has 1 aliphatic rings. The molecule has 7 atom stereocenters. The molecule has 0 spiro atoms. The van der Waals surface area contributed by atoms with Crippen molar-refractivity contribution in [1.29, 1.82) is 0 Å². The fourth-order valence-corrected chi connectivity index (χ4v) is 10.3. The van der Waals surface area contributed by atoms with Crippen molar-refractivity contribution >= 4 is 5.91 Å². The van der Waals surface area contributed by atoms with Gasteiger partial charge in [0.05, 0.1) is 25.4 Å². The first-order valence-electron chi connectivity index (χ1n) is 31.6. The summed E-state index contributed by atoms with van der Waals surface area (Å²) in [6.45, 7) is 3.79. The molecular formula is C63H121NO8. The first-order valence-corrected chi connectivity index (χ1v) is 31.6. The van der Waals surface area contributed by atoms with Crippen molar-refractivity contribution in [3.8, 4) is 0 Å². The van der Waals surface area contributed by atoms with Crippen LogP contribution in [0.1, 0.15) is 316 Å². The minimum atomic E-state index is -1.56. The van der Waals surface area contributed by atoms with E-state index in [1.54, 1.807) is 6.08 Å². The highest BCUT2D eigenvalue weighted by Crippen LogP contribution is 2.23. The molecule has 0 aromatic rings. The van der Waals surface area contributed by atoms with Gasteiger partial charge in [0.15, 0.2) is 6.29 Å². The number of ether oxygens (including phenoxy) is 2. The second-order valence-electron chi connectivity index (χ2n) is 22.2. The summed E-state index contributed by atoms with van der Waals surface area (Å²) in [5.74, 6) is -0.172. The zero-order chi connectivity index (χ0) is 52.2. The largest absolute Gasteiger partial charge is 0.394 e. The number of rotatable bonds is 55. The van der Waals surface area contributed by atoms with Crippen molar-refractivity contribution in [2.45, 2.75) is 358 Å². The second kappa shape index (κ2) is 53.1. The molecule has 1 heterocycles. The number of amides is 1. The normalized spacial score (nSPS) is 19.2. The first kappa shape index (κ1) is 68.7. The molecular weight excluding hydrogens is 899 g/mol. The van der Waals surface area contributed by atoms with Gasteiger partial charge in [-0.1, -0.05) is 289 Å².